The summed E-state index contributed by atoms with van der Waals surface area (Å²) < 4.78 is 12.4. The van der Waals surface area contributed by atoms with E-state index in [0.29, 0.717) is 33.7 Å². The number of ether oxygens (including phenoxy) is 1. The van der Waals surface area contributed by atoms with Crippen molar-refractivity contribution in [1.29, 1.82) is 0 Å². The number of fused-ring (bicyclic) bond motifs is 1. The maximum atomic E-state index is 12.3. The molecule has 10 heteroatoms. The van der Waals surface area contributed by atoms with Gasteiger partial charge >= 0.3 is 11.7 Å². The quantitative estimate of drug-likeness (QED) is 0.172. The molecule has 0 saturated carbocycles. The predicted octanol–water partition coefficient (Wildman–Crippen LogP) is 6.61. The lowest BCUT2D eigenvalue weighted by Gasteiger charge is -2.11. The molecule has 2 aromatic heterocycles. The van der Waals surface area contributed by atoms with Crippen LogP contribution >= 0.6 is 23.4 Å². The largest absolute Gasteiger partial charge is 0.450 e. The Balaban J connectivity index is 1.45. The highest BCUT2D eigenvalue weighted by Gasteiger charge is 2.17. The van der Waals surface area contributed by atoms with Gasteiger partial charge in [-0.2, -0.15) is 0 Å². The number of benzene rings is 3. The number of aromatic nitrogens is 3. The Bertz CT molecular complexity index is 1640. The van der Waals surface area contributed by atoms with Gasteiger partial charge in [0.05, 0.1) is 13.2 Å². The molecule has 1 amide bonds. The maximum Gasteiger partial charge on any atom is 0.411 e. The number of rotatable bonds is 8. The standard InChI is InChI=1S/C28H23ClN4O4S/c1-2-36-28(35)30-22-12-13-23-20(14-25(34)37-24(23)15-22)17-38-27-32-31-26(19-8-10-21(29)11-9-19)33(27)16-18-6-4-3-5-7-18/h3-15H,2,16-17H2,1H3,(H,30,35). The lowest BCUT2D eigenvalue weighted by molar-refractivity contribution is 0.168. The third-order valence-corrected chi connectivity index (χ3v) is 6.98. The minimum Gasteiger partial charge on any atom is -0.450 e. The second kappa shape index (κ2) is 11.5. The highest BCUT2D eigenvalue weighted by Crippen LogP contribution is 2.30. The van der Waals surface area contributed by atoms with Gasteiger partial charge < -0.3 is 9.15 Å². The van der Waals surface area contributed by atoms with Gasteiger partial charge in [-0.1, -0.05) is 53.7 Å². The number of nitrogens with zero attached hydrogens (tertiary/aromatic N) is 3. The van der Waals surface area contributed by atoms with E-state index >= 15 is 0 Å². The molecule has 0 atom stereocenters. The number of carbonyl (C=O) groups excluding carboxylic acids is 1. The van der Waals surface area contributed by atoms with Crippen LogP contribution in [0, 0.1) is 0 Å². The summed E-state index contributed by atoms with van der Waals surface area (Å²) >= 11 is 7.57. The van der Waals surface area contributed by atoms with Crippen LogP contribution < -0.4 is 10.9 Å². The fraction of sp³-hybridized carbons (Fsp3) is 0.143. The molecule has 192 valence electrons. The average molecular weight is 547 g/mol. The monoisotopic (exact) mass is 546 g/mol. The van der Waals surface area contributed by atoms with E-state index in [1.165, 1.54) is 17.8 Å². The third-order valence-electron chi connectivity index (χ3n) is 5.71. The molecule has 0 aliphatic heterocycles. The van der Waals surface area contributed by atoms with Gasteiger partial charge in [0.2, 0.25) is 0 Å². The summed E-state index contributed by atoms with van der Waals surface area (Å²) in [5, 5.41) is 13.7. The van der Waals surface area contributed by atoms with Crippen molar-refractivity contribution in [2.24, 2.45) is 0 Å². The Morgan fingerprint density at radius 2 is 1.84 bits per heavy atom. The summed E-state index contributed by atoms with van der Waals surface area (Å²) in [5.41, 5.74) is 3.16. The van der Waals surface area contributed by atoms with E-state index < -0.39 is 11.7 Å². The lowest BCUT2D eigenvalue weighted by atomic mass is 10.1. The van der Waals surface area contributed by atoms with Crippen molar-refractivity contribution in [3.05, 3.63) is 105 Å². The molecule has 1 N–H and O–H groups in total. The summed E-state index contributed by atoms with van der Waals surface area (Å²) in [6.45, 7) is 2.56. The van der Waals surface area contributed by atoms with Crippen LogP contribution in [0.5, 0.6) is 0 Å². The fourth-order valence-electron chi connectivity index (χ4n) is 3.97. The van der Waals surface area contributed by atoms with Crippen LogP contribution in [0.4, 0.5) is 10.5 Å². The molecule has 0 unspecified atom stereocenters. The first-order chi connectivity index (χ1) is 18.5. The maximum absolute atomic E-state index is 12.3. The number of carbonyl (C=O) groups is 1. The minimum atomic E-state index is -0.574. The highest BCUT2D eigenvalue weighted by molar-refractivity contribution is 7.98. The van der Waals surface area contributed by atoms with Gasteiger partial charge in [0, 0.05) is 39.5 Å². The number of nitrogens with one attached hydrogen (secondary N) is 1. The van der Waals surface area contributed by atoms with Crippen LogP contribution in [-0.4, -0.2) is 27.5 Å². The molecule has 0 fully saturated rings. The summed E-state index contributed by atoms with van der Waals surface area (Å²) in [6.07, 6.45) is -0.574. The van der Waals surface area contributed by atoms with Gasteiger partial charge in [0.15, 0.2) is 11.0 Å². The van der Waals surface area contributed by atoms with Crippen molar-refractivity contribution >= 4 is 46.1 Å². The minimum absolute atomic E-state index is 0.254. The van der Waals surface area contributed by atoms with Crippen molar-refractivity contribution < 1.29 is 13.9 Å². The van der Waals surface area contributed by atoms with E-state index in [-0.39, 0.29) is 6.61 Å². The van der Waals surface area contributed by atoms with Gasteiger partial charge in [0.25, 0.3) is 0 Å². The van der Waals surface area contributed by atoms with Crippen molar-refractivity contribution in [2.45, 2.75) is 24.4 Å². The Kier molecular flexibility index (Phi) is 7.76. The Hall–Kier alpha value is -4.08. The van der Waals surface area contributed by atoms with E-state index in [4.69, 9.17) is 20.8 Å². The number of amides is 1. The third kappa shape index (κ3) is 5.90. The van der Waals surface area contributed by atoms with Crippen molar-refractivity contribution in [3.8, 4) is 11.4 Å². The zero-order chi connectivity index (χ0) is 26.5. The van der Waals surface area contributed by atoms with Crippen molar-refractivity contribution in [3.63, 3.8) is 0 Å². The van der Waals surface area contributed by atoms with E-state index in [1.807, 2.05) is 48.5 Å². The van der Waals surface area contributed by atoms with Crippen molar-refractivity contribution in [2.75, 3.05) is 11.9 Å². The summed E-state index contributed by atoms with van der Waals surface area (Å²) in [5.74, 6) is 1.18. The molecule has 0 aliphatic carbocycles. The van der Waals surface area contributed by atoms with Gasteiger partial charge in [-0.3, -0.25) is 9.88 Å². The van der Waals surface area contributed by atoms with Crippen LogP contribution in [0.15, 0.2) is 93.2 Å². The van der Waals surface area contributed by atoms with Gasteiger partial charge in [-0.25, -0.2) is 9.59 Å². The molecule has 2 heterocycles. The first kappa shape index (κ1) is 25.6. The van der Waals surface area contributed by atoms with E-state index in [2.05, 4.69) is 32.2 Å². The van der Waals surface area contributed by atoms with Crippen LogP contribution in [0.1, 0.15) is 18.1 Å². The second-order valence-corrected chi connectivity index (χ2v) is 9.70. The molecule has 3 aromatic carbocycles. The Labute approximate surface area is 227 Å². The number of anilines is 1. The van der Waals surface area contributed by atoms with Crippen LogP contribution in [0.3, 0.4) is 0 Å². The molecule has 0 bridgehead atoms. The van der Waals surface area contributed by atoms with Gasteiger partial charge in [-0.15, -0.1) is 10.2 Å². The fourth-order valence-corrected chi connectivity index (χ4v) is 5.03. The predicted molar refractivity (Wildman–Crippen MR) is 149 cm³/mol. The smallest absolute Gasteiger partial charge is 0.411 e. The molecule has 5 rings (SSSR count). The van der Waals surface area contributed by atoms with Crippen LogP contribution in [0.25, 0.3) is 22.4 Å². The summed E-state index contributed by atoms with van der Waals surface area (Å²) in [7, 11) is 0. The molecular formula is C28H23ClN4O4S. The molecule has 8 nitrogen and oxygen atoms in total. The number of halogens is 1. The molecule has 0 aliphatic rings. The molecule has 0 saturated heterocycles. The van der Waals surface area contributed by atoms with Crippen LogP contribution in [-0.2, 0) is 17.0 Å². The van der Waals surface area contributed by atoms with Crippen LogP contribution in [0.2, 0.25) is 5.02 Å². The SMILES string of the molecule is CCOC(=O)Nc1ccc2c(CSc3nnc(-c4ccc(Cl)cc4)n3Cc3ccccc3)cc(=O)oc2c1. The van der Waals surface area contributed by atoms with Gasteiger partial charge in [0.1, 0.15) is 5.58 Å². The Morgan fingerprint density at radius 3 is 2.61 bits per heavy atom. The molecule has 0 radical (unpaired) electrons. The molecule has 0 spiro atoms. The zero-order valence-electron chi connectivity index (χ0n) is 20.4. The Morgan fingerprint density at radius 1 is 1.05 bits per heavy atom. The second-order valence-electron chi connectivity index (χ2n) is 8.32. The first-order valence-electron chi connectivity index (χ1n) is 11.9. The van der Waals surface area contributed by atoms with E-state index in [0.717, 1.165) is 27.9 Å². The van der Waals surface area contributed by atoms with E-state index in [1.54, 1.807) is 19.1 Å². The summed E-state index contributed by atoms with van der Waals surface area (Å²) in [6, 6.07) is 24.2. The highest BCUT2D eigenvalue weighted by atomic mass is 35.5. The zero-order valence-corrected chi connectivity index (χ0v) is 22.0. The number of thioether (sulfide) groups is 1. The summed E-state index contributed by atoms with van der Waals surface area (Å²) in [4.78, 5) is 24.1. The molecule has 5 aromatic rings. The first-order valence-corrected chi connectivity index (χ1v) is 13.2. The lowest BCUT2D eigenvalue weighted by Crippen LogP contribution is -2.13. The molecular weight excluding hydrogens is 524 g/mol. The normalized spacial score (nSPS) is 11.0. The number of hydrogen-bond acceptors (Lipinski definition) is 7. The topological polar surface area (TPSA) is 99.2 Å². The van der Waals surface area contributed by atoms with Crippen molar-refractivity contribution in [1.82, 2.24) is 14.8 Å². The van der Waals surface area contributed by atoms with E-state index in [9.17, 15) is 9.59 Å². The number of hydrogen-bond donors (Lipinski definition) is 1. The molecule has 38 heavy (non-hydrogen) atoms. The average Bonchev–Trinajstić information content (AvgIpc) is 3.30. The van der Waals surface area contributed by atoms with Gasteiger partial charge in [-0.05, 0) is 54.4 Å².